The molecule has 0 bridgehead atoms. The van der Waals surface area contributed by atoms with E-state index in [1.165, 1.54) is 48.2 Å². The first kappa shape index (κ1) is 19.6. The number of methoxy groups -OCH3 is 1. The number of fused-ring (bicyclic) bond motifs is 1. The van der Waals surface area contributed by atoms with Gasteiger partial charge in [-0.15, -0.1) is 11.3 Å². The average Bonchev–Trinajstić information content (AvgIpc) is 3.28. The van der Waals surface area contributed by atoms with E-state index < -0.39 is 0 Å². The molecule has 1 fully saturated rings. The van der Waals surface area contributed by atoms with Crippen LogP contribution in [0.1, 0.15) is 60.0 Å². The summed E-state index contributed by atoms with van der Waals surface area (Å²) in [5.74, 6) is 2.53. The summed E-state index contributed by atoms with van der Waals surface area (Å²) in [4.78, 5) is 18.2. The van der Waals surface area contributed by atoms with E-state index in [1.54, 1.807) is 18.4 Å². The van der Waals surface area contributed by atoms with Crippen molar-refractivity contribution in [2.24, 2.45) is 0 Å². The van der Waals surface area contributed by atoms with E-state index in [9.17, 15) is 0 Å². The van der Waals surface area contributed by atoms with Gasteiger partial charge >= 0.3 is 0 Å². The molecule has 1 aromatic carbocycles. The standard InChI is InChI=1S/C24H28N4OS/c1-29-20-9-5-8-18(12-20)24-26-14-21(30-24)16-28-11-10-22-19(15-28)13-25-23(27-22)17-6-3-2-4-7-17/h5,8-9,12-14,17H,2-4,6-7,10-11,15-16H2,1H3. The molecule has 156 valence electrons. The third-order valence-electron chi connectivity index (χ3n) is 6.25. The zero-order valence-electron chi connectivity index (χ0n) is 17.5. The zero-order valence-corrected chi connectivity index (χ0v) is 18.3. The van der Waals surface area contributed by atoms with Crippen LogP contribution in [0, 0.1) is 0 Å². The molecule has 0 N–H and O–H groups in total. The minimum absolute atomic E-state index is 0.578. The smallest absolute Gasteiger partial charge is 0.131 e. The molecule has 0 spiro atoms. The number of hydrogen-bond donors (Lipinski definition) is 0. The van der Waals surface area contributed by atoms with Gasteiger partial charge in [-0.3, -0.25) is 4.90 Å². The molecule has 1 aliphatic carbocycles. The number of ether oxygens (including phenoxy) is 1. The summed E-state index contributed by atoms with van der Waals surface area (Å²) >= 11 is 1.76. The molecule has 3 heterocycles. The predicted molar refractivity (Wildman–Crippen MR) is 120 cm³/mol. The minimum atomic E-state index is 0.578. The molecular weight excluding hydrogens is 392 g/mol. The lowest BCUT2D eigenvalue weighted by Crippen LogP contribution is -2.31. The number of rotatable bonds is 5. The Balaban J connectivity index is 1.25. The maximum Gasteiger partial charge on any atom is 0.131 e. The lowest BCUT2D eigenvalue weighted by molar-refractivity contribution is 0.244. The molecular formula is C24H28N4OS. The molecule has 0 amide bonds. The van der Waals surface area contributed by atoms with Crippen LogP contribution in [0.5, 0.6) is 5.75 Å². The number of aromatic nitrogens is 3. The molecule has 1 aliphatic heterocycles. The molecule has 30 heavy (non-hydrogen) atoms. The molecule has 0 atom stereocenters. The molecule has 0 saturated heterocycles. The fourth-order valence-electron chi connectivity index (χ4n) is 4.57. The first-order valence-corrected chi connectivity index (χ1v) is 11.8. The van der Waals surface area contributed by atoms with E-state index in [1.807, 2.05) is 24.4 Å². The molecule has 0 radical (unpaired) electrons. The first-order chi connectivity index (χ1) is 14.8. The van der Waals surface area contributed by atoms with E-state index in [0.717, 1.165) is 48.2 Å². The van der Waals surface area contributed by atoms with Crippen molar-refractivity contribution in [3.8, 4) is 16.3 Å². The van der Waals surface area contributed by atoms with Crippen molar-refractivity contribution < 1.29 is 4.74 Å². The Hall–Kier alpha value is -2.31. The third kappa shape index (κ3) is 4.25. The second-order valence-corrected chi connectivity index (χ2v) is 9.47. The summed E-state index contributed by atoms with van der Waals surface area (Å²) in [5.41, 5.74) is 3.67. The molecule has 0 unspecified atom stereocenters. The number of thiazole rings is 1. The van der Waals surface area contributed by atoms with Gasteiger partial charge in [0.05, 0.1) is 7.11 Å². The highest BCUT2D eigenvalue weighted by Gasteiger charge is 2.23. The fraction of sp³-hybridized carbons (Fsp3) is 0.458. The highest BCUT2D eigenvalue weighted by molar-refractivity contribution is 7.15. The van der Waals surface area contributed by atoms with Crippen LogP contribution >= 0.6 is 11.3 Å². The van der Waals surface area contributed by atoms with Gasteiger partial charge in [-0.05, 0) is 25.0 Å². The first-order valence-electron chi connectivity index (χ1n) is 10.9. The van der Waals surface area contributed by atoms with E-state index in [-0.39, 0.29) is 0 Å². The van der Waals surface area contributed by atoms with Gasteiger partial charge in [0.1, 0.15) is 16.6 Å². The SMILES string of the molecule is COc1cccc(-c2ncc(CN3CCc4nc(C5CCCCC5)ncc4C3)s2)c1. The zero-order chi connectivity index (χ0) is 20.3. The Morgan fingerprint density at radius 3 is 2.90 bits per heavy atom. The van der Waals surface area contributed by atoms with Crippen molar-refractivity contribution in [2.45, 2.75) is 57.5 Å². The van der Waals surface area contributed by atoms with Crippen molar-refractivity contribution in [3.63, 3.8) is 0 Å². The van der Waals surface area contributed by atoms with Gasteiger partial charge in [-0.25, -0.2) is 15.0 Å². The van der Waals surface area contributed by atoms with Crippen molar-refractivity contribution in [3.05, 3.63) is 58.6 Å². The topological polar surface area (TPSA) is 51.1 Å². The number of nitrogens with zero attached hydrogens (tertiary/aromatic N) is 4. The number of hydrogen-bond acceptors (Lipinski definition) is 6. The average molecular weight is 421 g/mol. The molecule has 5 nitrogen and oxygen atoms in total. The summed E-state index contributed by atoms with van der Waals surface area (Å²) in [6.45, 7) is 2.89. The van der Waals surface area contributed by atoms with Crippen molar-refractivity contribution in [2.75, 3.05) is 13.7 Å². The van der Waals surface area contributed by atoms with Crippen LogP contribution in [0.4, 0.5) is 0 Å². The Kier molecular flexibility index (Phi) is 5.77. The second-order valence-electron chi connectivity index (χ2n) is 8.36. The predicted octanol–water partition coefficient (Wildman–Crippen LogP) is 5.21. The van der Waals surface area contributed by atoms with Crippen LogP contribution in [0.25, 0.3) is 10.6 Å². The summed E-state index contributed by atoms with van der Waals surface area (Å²) < 4.78 is 5.34. The molecule has 3 aromatic rings. The molecule has 2 aromatic heterocycles. The van der Waals surface area contributed by atoms with Crippen LogP contribution < -0.4 is 4.74 Å². The van der Waals surface area contributed by atoms with E-state index in [0.29, 0.717) is 5.92 Å². The van der Waals surface area contributed by atoms with Crippen molar-refractivity contribution >= 4 is 11.3 Å². The Morgan fingerprint density at radius 1 is 1.13 bits per heavy atom. The summed E-state index contributed by atoms with van der Waals surface area (Å²) in [5, 5.41) is 1.04. The molecule has 6 heteroatoms. The lowest BCUT2D eigenvalue weighted by Gasteiger charge is -2.28. The summed E-state index contributed by atoms with van der Waals surface area (Å²) in [7, 11) is 1.70. The quantitative estimate of drug-likeness (QED) is 0.567. The van der Waals surface area contributed by atoms with Gasteiger partial charge < -0.3 is 4.74 Å². The molecule has 1 saturated carbocycles. The maximum absolute atomic E-state index is 5.34. The normalized spacial score (nSPS) is 17.6. The Labute approximate surface area is 182 Å². The Bertz CT molecular complexity index is 1010. The van der Waals surface area contributed by atoms with E-state index >= 15 is 0 Å². The fourth-order valence-corrected chi connectivity index (χ4v) is 5.52. The summed E-state index contributed by atoms with van der Waals surface area (Å²) in [6, 6.07) is 8.11. The second kappa shape index (κ2) is 8.82. The highest BCUT2D eigenvalue weighted by atomic mass is 32.1. The van der Waals surface area contributed by atoms with Crippen LogP contribution in [-0.2, 0) is 19.5 Å². The van der Waals surface area contributed by atoms with Crippen LogP contribution in [0.3, 0.4) is 0 Å². The van der Waals surface area contributed by atoms with Crippen molar-refractivity contribution in [1.82, 2.24) is 19.9 Å². The number of benzene rings is 1. The van der Waals surface area contributed by atoms with Crippen molar-refractivity contribution in [1.29, 1.82) is 0 Å². The largest absolute Gasteiger partial charge is 0.497 e. The van der Waals surface area contributed by atoms with Crippen LogP contribution in [0.15, 0.2) is 36.7 Å². The van der Waals surface area contributed by atoms with Crippen LogP contribution in [-0.4, -0.2) is 33.5 Å². The van der Waals surface area contributed by atoms with Gasteiger partial charge in [-0.2, -0.15) is 0 Å². The van der Waals surface area contributed by atoms with E-state index in [2.05, 4.69) is 22.1 Å². The Morgan fingerprint density at radius 2 is 2.03 bits per heavy atom. The van der Waals surface area contributed by atoms with Crippen LogP contribution in [0.2, 0.25) is 0 Å². The van der Waals surface area contributed by atoms with Gasteiger partial charge in [0.25, 0.3) is 0 Å². The maximum atomic E-state index is 5.34. The molecule has 2 aliphatic rings. The monoisotopic (exact) mass is 420 g/mol. The third-order valence-corrected chi connectivity index (χ3v) is 7.28. The summed E-state index contributed by atoms with van der Waals surface area (Å²) in [6.07, 6.45) is 11.6. The molecule has 5 rings (SSSR count). The highest BCUT2D eigenvalue weighted by Crippen LogP contribution is 2.32. The van der Waals surface area contributed by atoms with Gasteiger partial charge in [0.2, 0.25) is 0 Å². The van der Waals surface area contributed by atoms with Gasteiger partial charge in [0, 0.05) is 66.1 Å². The van der Waals surface area contributed by atoms with Gasteiger partial charge in [0.15, 0.2) is 0 Å². The van der Waals surface area contributed by atoms with E-state index in [4.69, 9.17) is 14.7 Å². The lowest BCUT2D eigenvalue weighted by atomic mass is 9.88. The van der Waals surface area contributed by atoms with Gasteiger partial charge in [-0.1, -0.05) is 31.4 Å². The minimum Gasteiger partial charge on any atom is -0.497 e.